The summed E-state index contributed by atoms with van der Waals surface area (Å²) in [5, 5.41) is 5.41. The number of anilines is 1. The van der Waals surface area contributed by atoms with Crippen LogP contribution in [0.15, 0.2) is 45.9 Å². The molecule has 0 saturated carbocycles. The van der Waals surface area contributed by atoms with Crippen LogP contribution >= 0.6 is 0 Å². The predicted octanol–water partition coefficient (Wildman–Crippen LogP) is 1.33. The lowest BCUT2D eigenvalue weighted by atomic mass is 9.99. The zero-order chi connectivity index (χ0) is 20.4. The van der Waals surface area contributed by atoms with Crippen LogP contribution in [0.4, 0.5) is 5.69 Å². The van der Waals surface area contributed by atoms with E-state index >= 15 is 0 Å². The van der Waals surface area contributed by atoms with Crippen LogP contribution in [-0.4, -0.2) is 44.2 Å². The van der Waals surface area contributed by atoms with Crippen molar-refractivity contribution in [2.24, 2.45) is 5.92 Å². The zero-order valence-electron chi connectivity index (χ0n) is 15.6. The van der Waals surface area contributed by atoms with Crippen molar-refractivity contribution in [3.8, 4) is 5.75 Å². The van der Waals surface area contributed by atoms with Gasteiger partial charge in [-0.15, -0.1) is 0 Å². The van der Waals surface area contributed by atoms with Gasteiger partial charge in [0.25, 0.3) is 5.91 Å². The Bertz CT molecular complexity index is 1020. The van der Waals surface area contributed by atoms with E-state index in [0.29, 0.717) is 36.6 Å². The number of ether oxygens (including phenoxy) is 1. The molecule has 0 aliphatic carbocycles. The first-order valence-corrected chi connectivity index (χ1v) is 10.7. The number of nitrogens with one attached hydrogen (secondary N) is 2. The van der Waals surface area contributed by atoms with Gasteiger partial charge in [-0.3, -0.25) is 9.59 Å². The molecule has 10 heteroatoms. The summed E-state index contributed by atoms with van der Waals surface area (Å²) in [7, 11) is -3.81. The largest absolute Gasteiger partial charge is 0.482 e. The molecule has 1 unspecified atom stereocenters. The van der Waals surface area contributed by atoms with Crippen LogP contribution in [0.5, 0.6) is 5.75 Å². The van der Waals surface area contributed by atoms with Crippen LogP contribution in [0.1, 0.15) is 18.6 Å². The standard InChI is InChI=1S/C19H21N3O6S/c23-18-12-28-17-6-5-15(9-16(17)21-18)29(25,26)22-7-1-3-13(11-22)19(24)20-10-14-4-2-8-27-14/h2,4-6,8-9,13H,1,3,7,10-12H2,(H,20,24)(H,21,23). The Morgan fingerprint density at radius 1 is 1.31 bits per heavy atom. The van der Waals surface area contributed by atoms with Crippen LogP contribution < -0.4 is 15.4 Å². The van der Waals surface area contributed by atoms with Gasteiger partial charge in [0.2, 0.25) is 15.9 Å². The first-order valence-electron chi connectivity index (χ1n) is 9.30. The quantitative estimate of drug-likeness (QED) is 0.755. The molecule has 0 bridgehead atoms. The van der Waals surface area contributed by atoms with E-state index in [4.69, 9.17) is 9.15 Å². The molecule has 29 heavy (non-hydrogen) atoms. The number of benzene rings is 1. The van der Waals surface area contributed by atoms with Gasteiger partial charge >= 0.3 is 0 Å². The number of nitrogens with zero attached hydrogens (tertiary/aromatic N) is 1. The van der Waals surface area contributed by atoms with E-state index in [1.165, 1.54) is 28.8 Å². The van der Waals surface area contributed by atoms with Crippen molar-refractivity contribution in [3.63, 3.8) is 0 Å². The van der Waals surface area contributed by atoms with Gasteiger partial charge in [-0.2, -0.15) is 4.31 Å². The minimum atomic E-state index is -3.81. The van der Waals surface area contributed by atoms with Gasteiger partial charge in [-0.05, 0) is 43.2 Å². The van der Waals surface area contributed by atoms with E-state index in [-0.39, 0.29) is 36.4 Å². The number of sulfonamides is 1. The molecule has 1 saturated heterocycles. The fourth-order valence-electron chi connectivity index (χ4n) is 3.48. The van der Waals surface area contributed by atoms with Crippen LogP contribution in [0, 0.1) is 5.92 Å². The zero-order valence-corrected chi connectivity index (χ0v) is 16.4. The van der Waals surface area contributed by atoms with E-state index < -0.39 is 15.9 Å². The molecule has 2 amide bonds. The van der Waals surface area contributed by atoms with Gasteiger partial charge in [0.05, 0.1) is 29.3 Å². The number of fused-ring (bicyclic) bond motifs is 1. The number of furan rings is 1. The third-order valence-electron chi connectivity index (χ3n) is 4.99. The highest BCUT2D eigenvalue weighted by Crippen LogP contribution is 2.32. The summed E-state index contributed by atoms with van der Waals surface area (Å²) in [4.78, 5) is 24.1. The van der Waals surface area contributed by atoms with Crippen LogP contribution in [0.3, 0.4) is 0 Å². The number of piperidine rings is 1. The minimum Gasteiger partial charge on any atom is -0.482 e. The summed E-state index contributed by atoms with van der Waals surface area (Å²) < 4.78 is 38.0. The Kier molecular flexibility index (Phi) is 5.29. The first-order chi connectivity index (χ1) is 13.9. The molecule has 0 radical (unpaired) electrons. The van der Waals surface area contributed by atoms with Gasteiger partial charge in [-0.1, -0.05) is 0 Å². The maximum atomic E-state index is 13.1. The van der Waals surface area contributed by atoms with Crippen molar-refractivity contribution in [2.45, 2.75) is 24.3 Å². The predicted molar refractivity (Wildman–Crippen MR) is 103 cm³/mol. The molecule has 2 aliphatic rings. The second-order valence-electron chi connectivity index (χ2n) is 6.99. The van der Waals surface area contributed by atoms with Gasteiger partial charge in [0.15, 0.2) is 6.61 Å². The Morgan fingerprint density at radius 2 is 2.17 bits per heavy atom. The number of rotatable bonds is 5. The monoisotopic (exact) mass is 419 g/mol. The third-order valence-corrected chi connectivity index (χ3v) is 6.85. The van der Waals surface area contributed by atoms with Crippen LogP contribution in [-0.2, 0) is 26.2 Å². The fraction of sp³-hybridized carbons (Fsp3) is 0.368. The number of carbonyl (C=O) groups is 2. The Labute approximate surface area is 168 Å². The first kappa shape index (κ1) is 19.5. The number of hydrogen-bond acceptors (Lipinski definition) is 6. The van der Waals surface area contributed by atoms with E-state index in [1.807, 2.05) is 0 Å². The van der Waals surface area contributed by atoms with Crippen molar-refractivity contribution < 1.29 is 27.2 Å². The van der Waals surface area contributed by atoms with E-state index in [2.05, 4.69) is 10.6 Å². The van der Waals surface area contributed by atoms with Gasteiger partial charge < -0.3 is 19.8 Å². The van der Waals surface area contributed by atoms with Gasteiger partial charge in [0.1, 0.15) is 11.5 Å². The third kappa shape index (κ3) is 4.13. The Balaban J connectivity index is 1.46. The molecule has 2 N–H and O–H groups in total. The molecule has 1 aromatic carbocycles. The molecular formula is C19H21N3O6S. The average Bonchev–Trinajstić information content (AvgIpc) is 3.25. The lowest BCUT2D eigenvalue weighted by Crippen LogP contribution is -2.45. The summed E-state index contributed by atoms with van der Waals surface area (Å²) in [6, 6.07) is 7.87. The van der Waals surface area contributed by atoms with Crippen molar-refractivity contribution >= 4 is 27.5 Å². The highest BCUT2D eigenvalue weighted by molar-refractivity contribution is 7.89. The normalized spacial score (nSPS) is 19.7. The molecule has 154 valence electrons. The van der Waals surface area contributed by atoms with Gasteiger partial charge in [-0.25, -0.2) is 8.42 Å². The summed E-state index contributed by atoms with van der Waals surface area (Å²) in [6.45, 7) is 0.607. The molecule has 1 atom stereocenters. The van der Waals surface area contributed by atoms with E-state index in [9.17, 15) is 18.0 Å². The molecule has 2 aliphatic heterocycles. The Hall–Kier alpha value is -2.85. The molecule has 3 heterocycles. The molecule has 2 aromatic rings. The van der Waals surface area contributed by atoms with Crippen molar-refractivity contribution in [3.05, 3.63) is 42.4 Å². The van der Waals surface area contributed by atoms with E-state index in [1.54, 1.807) is 12.1 Å². The molecule has 0 spiro atoms. The SMILES string of the molecule is O=C1COc2ccc(S(=O)(=O)N3CCCC(C(=O)NCc4ccco4)C3)cc2N1. The molecular weight excluding hydrogens is 398 g/mol. The second kappa shape index (κ2) is 7.88. The molecule has 9 nitrogen and oxygen atoms in total. The summed E-state index contributed by atoms with van der Waals surface area (Å²) in [6.07, 6.45) is 2.73. The number of carbonyl (C=O) groups excluding carboxylic acids is 2. The highest BCUT2D eigenvalue weighted by Gasteiger charge is 2.34. The summed E-state index contributed by atoms with van der Waals surface area (Å²) >= 11 is 0. The average molecular weight is 419 g/mol. The van der Waals surface area contributed by atoms with Crippen LogP contribution in [0.2, 0.25) is 0 Å². The number of hydrogen-bond donors (Lipinski definition) is 2. The van der Waals surface area contributed by atoms with Gasteiger partial charge in [0, 0.05) is 13.1 Å². The number of amides is 2. The lowest BCUT2D eigenvalue weighted by Gasteiger charge is -2.31. The maximum Gasteiger partial charge on any atom is 0.262 e. The maximum absolute atomic E-state index is 13.1. The summed E-state index contributed by atoms with van der Waals surface area (Å²) in [5.74, 6) is 0.0919. The molecule has 1 aromatic heterocycles. The Morgan fingerprint density at radius 3 is 2.97 bits per heavy atom. The highest BCUT2D eigenvalue weighted by atomic mass is 32.2. The lowest BCUT2D eigenvalue weighted by molar-refractivity contribution is -0.126. The minimum absolute atomic E-state index is 0.0543. The molecule has 4 rings (SSSR count). The van der Waals surface area contributed by atoms with Crippen LogP contribution in [0.25, 0.3) is 0 Å². The summed E-state index contributed by atoms with van der Waals surface area (Å²) in [5.41, 5.74) is 0.326. The topological polar surface area (TPSA) is 118 Å². The molecule has 1 fully saturated rings. The second-order valence-corrected chi connectivity index (χ2v) is 8.93. The van der Waals surface area contributed by atoms with Crippen molar-refractivity contribution in [2.75, 3.05) is 25.0 Å². The smallest absolute Gasteiger partial charge is 0.262 e. The van der Waals surface area contributed by atoms with Crippen molar-refractivity contribution in [1.82, 2.24) is 9.62 Å². The van der Waals surface area contributed by atoms with E-state index in [0.717, 1.165) is 0 Å². The van der Waals surface area contributed by atoms with Crippen molar-refractivity contribution in [1.29, 1.82) is 0 Å². The fourth-order valence-corrected chi connectivity index (χ4v) is 5.03.